The predicted molar refractivity (Wildman–Crippen MR) is 118 cm³/mol. The van der Waals surface area contributed by atoms with E-state index >= 15 is 0 Å². The van der Waals surface area contributed by atoms with Gasteiger partial charge >= 0.3 is 0 Å². The summed E-state index contributed by atoms with van der Waals surface area (Å²) in [7, 11) is 0. The predicted octanol–water partition coefficient (Wildman–Crippen LogP) is 5.10. The largest absolute Gasteiger partial charge is 0.383 e. The van der Waals surface area contributed by atoms with E-state index in [1.165, 1.54) is 42.2 Å². The van der Waals surface area contributed by atoms with Gasteiger partial charge in [-0.2, -0.15) is 0 Å². The van der Waals surface area contributed by atoms with Gasteiger partial charge in [-0.25, -0.2) is 9.97 Å². The van der Waals surface area contributed by atoms with Crippen LogP contribution in [0.1, 0.15) is 49.8 Å². The molecule has 2 atom stereocenters. The van der Waals surface area contributed by atoms with Gasteiger partial charge in [0.15, 0.2) is 0 Å². The Morgan fingerprint density at radius 2 is 2.00 bits per heavy atom. The van der Waals surface area contributed by atoms with Crippen LogP contribution in [0, 0.1) is 5.92 Å². The maximum Gasteiger partial charge on any atom is 0.145 e. The van der Waals surface area contributed by atoms with Gasteiger partial charge in [0.2, 0.25) is 0 Å². The van der Waals surface area contributed by atoms with Crippen LogP contribution in [0.2, 0.25) is 0 Å². The fourth-order valence-electron chi connectivity index (χ4n) is 4.78. The first-order chi connectivity index (χ1) is 14.2. The molecular weight excluding hydrogens is 358 g/mol. The average Bonchev–Trinajstić information content (AvgIpc) is 3.39. The van der Waals surface area contributed by atoms with Crippen molar-refractivity contribution in [1.82, 2.24) is 19.5 Å². The molecule has 4 aromatic rings. The van der Waals surface area contributed by atoms with Crippen LogP contribution in [-0.2, 0) is 12.8 Å². The minimum atomic E-state index is 0.512. The molecule has 3 aromatic heterocycles. The van der Waals surface area contributed by atoms with E-state index in [1.54, 1.807) is 6.33 Å². The minimum Gasteiger partial charge on any atom is -0.383 e. The molecule has 2 N–H and O–H groups in total. The molecule has 0 spiro atoms. The number of pyridine rings is 1. The van der Waals surface area contributed by atoms with Crippen LogP contribution in [-0.4, -0.2) is 19.5 Å². The number of nitrogens with zero attached hydrogens (tertiary/aromatic N) is 4. The molecule has 5 nitrogen and oxygen atoms in total. The number of nitrogens with two attached hydrogens (primary N) is 1. The highest BCUT2D eigenvalue weighted by Gasteiger charge is 2.27. The van der Waals surface area contributed by atoms with Gasteiger partial charge in [-0.3, -0.25) is 4.98 Å². The zero-order chi connectivity index (χ0) is 19.8. The zero-order valence-electron chi connectivity index (χ0n) is 16.9. The van der Waals surface area contributed by atoms with E-state index in [0.717, 1.165) is 35.3 Å². The number of hydrogen-bond acceptors (Lipinski definition) is 4. The molecule has 1 aromatic carbocycles. The summed E-state index contributed by atoms with van der Waals surface area (Å²) in [6.45, 7) is 2.17. The van der Waals surface area contributed by atoms with E-state index in [9.17, 15) is 0 Å². The number of rotatable bonds is 5. The van der Waals surface area contributed by atoms with Crippen LogP contribution in [0.25, 0.3) is 21.9 Å². The number of aryl methyl sites for hydroxylation is 2. The lowest BCUT2D eigenvalue weighted by Gasteiger charge is -2.14. The van der Waals surface area contributed by atoms with Crippen molar-refractivity contribution in [3.05, 3.63) is 60.2 Å². The standard InChI is InChI=1S/C24H27N5/c1-2-16-11-19-7-5-18(13-22(19)26-14-16)4-3-17-6-8-20(12-17)29-10-9-21-23(25)27-15-28-24(21)29/h5,7,9-11,13-15,17,20H,2-4,6,8,12H2,1H3,(H2,25,27,28)/t17-,20+/m1/s1. The quantitative estimate of drug-likeness (QED) is 0.519. The number of fused-ring (bicyclic) bond motifs is 2. The summed E-state index contributed by atoms with van der Waals surface area (Å²) in [6, 6.07) is 11.6. The van der Waals surface area contributed by atoms with Crippen LogP contribution in [0.5, 0.6) is 0 Å². The van der Waals surface area contributed by atoms with Gasteiger partial charge in [0.05, 0.1) is 10.9 Å². The topological polar surface area (TPSA) is 69.6 Å². The third-order valence-electron chi connectivity index (χ3n) is 6.50. The number of aromatic nitrogens is 4. The molecule has 0 saturated heterocycles. The normalized spacial score (nSPS) is 19.3. The van der Waals surface area contributed by atoms with Gasteiger partial charge in [0, 0.05) is 23.8 Å². The molecule has 29 heavy (non-hydrogen) atoms. The third-order valence-corrected chi connectivity index (χ3v) is 6.50. The Morgan fingerprint density at radius 3 is 2.90 bits per heavy atom. The van der Waals surface area contributed by atoms with Gasteiger partial charge in [0.1, 0.15) is 17.8 Å². The van der Waals surface area contributed by atoms with Crippen molar-refractivity contribution in [3.63, 3.8) is 0 Å². The lowest BCUT2D eigenvalue weighted by atomic mass is 9.97. The first-order valence-corrected chi connectivity index (χ1v) is 10.7. The van der Waals surface area contributed by atoms with E-state index < -0.39 is 0 Å². The van der Waals surface area contributed by atoms with E-state index in [-0.39, 0.29) is 0 Å². The Kier molecular flexibility index (Phi) is 4.66. The van der Waals surface area contributed by atoms with Gasteiger partial charge < -0.3 is 10.3 Å². The van der Waals surface area contributed by atoms with Crippen molar-refractivity contribution in [3.8, 4) is 0 Å². The molecule has 0 amide bonds. The lowest BCUT2D eigenvalue weighted by Crippen LogP contribution is -2.06. The summed E-state index contributed by atoms with van der Waals surface area (Å²) in [5.41, 5.74) is 10.8. The van der Waals surface area contributed by atoms with E-state index in [0.29, 0.717) is 11.9 Å². The summed E-state index contributed by atoms with van der Waals surface area (Å²) in [6.07, 6.45) is 12.8. The van der Waals surface area contributed by atoms with Crippen molar-refractivity contribution in [2.45, 2.75) is 51.5 Å². The van der Waals surface area contributed by atoms with Crippen LogP contribution in [0.4, 0.5) is 5.82 Å². The molecule has 1 aliphatic rings. The third kappa shape index (κ3) is 3.46. The first kappa shape index (κ1) is 18.1. The molecule has 1 saturated carbocycles. The van der Waals surface area contributed by atoms with Gasteiger partial charge in [-0.15, -0.1) is 0 Å². The van der Waals surface area contributed by atoms with Gasteiger partial charge in [0.25, 0.3) is 0 Å². The molecule has 0 aliphatic heterocycles. The van der Waals surface area contributed by atoms with Crippen molar-refractivity contribution >= 4 is 27.8 Å². The van der Waals surface area contributed by atoms with E-state index in [2.05, 4.69) is 56.9 Å². The second-order valence-corrected chi connectivity index (χ2v) is 8.31. The smallest absolute Gasteiger partial charge is 0.145 e. The minimum absolute atomic E-state index is 0.512. The number of benzene rings is 1. The molecule has 0 unspecified atom stereocenters. The van der Waals surface area contributed by atoms with Crippen LogP contribution in [0.3, 0.4) is 0 Å². The number of anilines is 1. The zero-order valence-corrected chi connectivity index (χ0v) is 16.9. The maximum absolute atomic E-state index is 5.99. The Bertz CT molecular complexity index is 1160. The van der Waals surface area contributed by atoms with Crippen LogP contribution >= 0.6 is 0 Å². The molecule has 1 fully saturated rings. The van der Waals surface area contributed by atoms with Gasteiger partial charge in [-0.1, -0.05) is 19.1 Å². The molecule has 0 bridgehead atoms. The monoisotopic (exact) mass is 385 g/mol. The maximum atomic E-state index is 5.99. The van der Waals surface area contributed by atoms with Crippen LogP contribution < -0.4 is 5.73 Å². The summed E-state index contributed by atoms with van der Waals surface area (Å²) in [5.74, 6) is 1.32. The fourth-order valence-corrected chi connectivity index (χ4v) is 4.78. The highest BCUT2D eigenvalue weighted by atomic mass is 15.1. The molecule has 1 aliphatic carbocycles. The Balaban J connectivity index is 1.25. The summed E-state index contributed by atoms with van der Waals surface area (Å²) in [5, 5.41) is 2.21. The van der Waals surface area contributed by atoms with Gasteiger partial charge in [-0.05, 0) is 73.8 Å². The number of nitrogen functional groups attached to an aromatic ring is 1. The van der Waals surface area contributed by atoms with Crippen LogP contribution in [0.15, 0.2) is 49.1 Å². The van der Waals surface area contributed by atoms with E-state index in [4.69, 9.17) is 5.73 Å². The molecule has 148 valence electrons. The Morgan fingerprint density at radius 1 is 1.07 bits per heavy atom. The molecule has 5 heteroatoms. The summed E-state index contributed by atoms with van der Waals surface area (Å²) in [4.78, 5) is 13.2. The molecule has 3 heterocycles. The highest BCUT2D eigenvalue weighted by Crippen LogP contribution is 2.39. The lowest BCUT2D eigenvalue weighted by molar-refractivity contribution is 0.461. The summed E-state index contributed by atoms with van der Waals surface area (Å²) >= 11 is 0. The molecule has 0 radical (unpaired) electrons. The van der Waals surface area contributed by atoms with Crippen molar-refractivity contribution < 1.29 is 0 Å². The summed E-state index contributed by atoms with van der Waals surface area (Å²) < 4.78 is 2.30. The molecular formula is C24H27N5. The van der Waals surface area contributed by atoms with Crippen molar-refractivity contribution in [1.29, 1.82) is 0 Å². The SMILES string of the molecule is CCc1cnc2cc(CC[C@@H]3CC[C@H](n4ccc5c(N)ncnc54)C3)ccc2c1. The average molecular weight is 386 g/mol. The fraction of sp³-hybridized carbons (Fsp3) is 0.375. The number of hydrogen-bond donors (Lipinski definition) is 1. The Hall–Kier alpha value is -2.95. The second kappa shape index (κ2) is 7.47. The van der Waals surface area contributed by atoms with E-state index in [1.807, 2.05) is 12.3 Å². The Labute approximate surface area is 171 Å². The van der Waals surface area contributed by atoms with Crippen molar-refractivity contribution in [2.24, 2.45) is 5.92 Å². The first-order valence-electron chi connectivity index (χ1n) is 10.7. The highest BCUT2D eigenvalue weighted by molar-refractivity contribution is 5.86. The van der Waals surface area contributed by atoms with Crippen molar-refractivity contribution in [2.75, 3.05) is 5.73 Å². The molecule has 5 rings (SSSR count). The second-order valence-electron chi connectivity index (χ2n) is 8.31.